The van der Waals surface area contributed by atoms with E-state index in [0.29, 0.717) is 0 Å². The number of rotatable bonds is 3. The molecule has 1 aromatic rings. The third-order valence-corrected chi connectivity index (χ3v) is 3.78. The lowest BCUT2D eigenvalue weighted by Crippen LogP contribution is -2.53. The maximum Gasteiger partial charge on any atom is 0.128 e. The first-order valence-corrected chi connectivity index (χ1v) is 6.90. The lowest BCUT2D eigenvalue weighted by Gasteiger charge is -2.42. The number of aromatic nitrogens is 1. The normalized spacial score (nSPS) is 19.3. The van der Waals surface area contributed by atoms with Crippen LogP contribution in [-0.4, -0.2) is 46.7 Å². The highest BCUT2D eigenvalue weighted by molar-refractivity contribution is 5.14. The second kappa shape index (κ2) is 5.41. The van der Waals surface area contributed by atoms with Crippen LogP contribution in [-0.2, 0) is 13.0 Å². The van der Waals surface area contributed by atoms with E-state index in [1.807, 2.05) is 0 Å². The van der Waals surface area contributed by atoms with Gasteiger partial charge in [0.05, 0.1) is 5.69 Å². The quantitative estimate of drug-likeness (QED) is 0.824. The van der Waals surface area contributed by atoms with Gasteiger partial charge >= 0.3 is 0 Å². The molecule has 0 bridgehead atoms. The lowest BCUT2D eigenvalue weighted by molar-refractivity contribution is 0.0589. The van der Waals surface area contributed by atoms with Crippen LogP contribution >= 0.6 is 0 Å². The summed E-state index contributed by atoms with van der Waals surface area (Å²) in [6, 6.07) is 0. The van der Waals surface area contributed by atoms with Crippen molar-refractivity contribution in [3.8, 4) is 0 Å². The number of aryl methyl sites for hydroxylation is 1. The van der Waals surface area contributed by atoms with Crippen LogP contribution in [0.15, 0.2) is 10.8 Å². The first-order valence-electron chi connectivity index (χ1n) is 6.90. The molecule has 0 atom stereocenters. The van der Waals surface area contributed by atoms with Crippen molar-refractivity contribution in [1.82, 2.24) is 15.0 Å². The molecule has 1 aliphatic rings. The van der Waals surface area contributed by atoms with Gasteiger partial charge in [-0.15, -0.1) is 0 Å². The highest BCUT2D eigenvalue weighted by atomic mass is 16.5. The van der Waals surface area contributed by atoms with Crippen LogP contribution in [0.25, 0.3) is 0 Å². The van der Waals surface area contributed by atoms with E-state index in [2.05, 4.69) is 42.7 Å². The maximum atomic E-state index is 5.07. The van der Waals surface area contributed by atoms with Crippen LogP contribution in [0, 0.1) is 0 Å². The van der Waals surface area contributed by atoms with Gasteiger partial charge in [0.1, 0.15) is 6.26 Å². The highest BCUT2D eigenvalue weighted by Crippen LogP contribution is 2.18. The molecular formula is C14H25N3O. The summed E-state index contributed by atoms with van der Waals surface area (Å²) in [6.45, 7) is 14.5. The summed E-state index contributed by atoms with van der Waals surface area (Å²) in [7, 11) is 0. The summed E-state index contributed by atoms with van der Waals surface area (Å²) >= 11 is 0. The fourth-order valence-electron chi connectivity index (χ4n) is 2.52. The molecule has 0 aliphatic carbocycles. The van der Waals surface area contributed by atoms with Crippen LogP contribution in [0.3, 0.4) is 0 Å². The Balaban J connectivity index is 1.87. The van der Waals surface area contributed by atoms with Crippen molar-refractivity contribution < 1.29 is 4.52 Å². The zero-order valence-electron chi connectivity index (χ0n) is 12.1. The van der Waals surface area contributed by atoms with Crippen molar-refractivity contribution in [2.45, 2.75) is 46.2 Å². The lowest BCUT2D eigenvalue weighted by atomic mass is 10.0. The van der Waals surface area contributed by atoms with E-state index >= 15 is 0 Å². The fraction of sp³-hybridized carbons (Fsp3) is 0.786. The van der Waals surface area contributed by atoms with E-state index < -0.39 is 0 Å². The molecule has 0 aromatic carbocycles. The minimum Gasteiger partial charge on any atom is -0.364 e. The third-order valence-electron chi connectivity index (χ3n) is 3.78. The van der Waals surface area contributed by atoms with E-state index in [0.717, 1.165) is 44.8 Å². The van der Waals surface area contributed by atoms with E-state index in [9.17, 15) is 0 Å². The van der Waals surface area contributed by atoms with Gasteiger partial charge in [0, 0.05) is 43.8 Å². The first-order chi connectivity index (χ1) is 8.50. The van der Waals surface area contributed by atoms with Gasteiger partial charge in [0.25, 0.3) is 0 Å². The number of nitrogens with zero attached hydrogens (tertiary/aromatic N) is 3. The van der Waals surface area contributed by atoms with Gasteiger partial charge in [-0.05, 0) is 27.2 Å². The standard InChI is InChI=1S/C14H25N3O/c1-5-13-12(11-18-15-13)10-16-6-8-17(9-7-16)14(2,3)4/h11H,5-10H2,1-4H3. The van der Waals surface area contributed by atoms with Crippen molar-refractivity contribution in [3.05, 3.63) is 17.5 Å². The SMILES string of the molecule is CCc1nocc1CN1CCN(C(C)(C)C)CC1. The molecular weight excluding hydrogens is 226 g/mol. The average molecular weight is 251 g/mol. The predicted octanol–water partition coefficient (Wildman–Crippen LogP) is 2.15. The van der Waals surface area contributed by atoms with Crippen molar-refractivity contribution in [3.63, 3.8) is 0 Å². The molecule has 4 heteroatoms. The van der Waals surface area contributed by atoms with Crippen LogP contribution < -0.4 is 0 Å². The largest absolute Gasteiger partial charge is 0.364 e. The molecule has 1 aliphatic heterocycles. The van der Waals surface area contributed by atoms with E-state index in [4.69, 9.17) is 4.52 Å². The Kier molecular flexibility index (Phi) is 4.07. The summed E-state index contributed by atoms with van der Waals surface area (Å²) in [6.07, 6.45) is 2.75. The van der Waals surface area contributed by atoms with Crippen LogP contribution in [0.5, 0.6) is 0 Å². The molecule has 0 spiro atoms. The molecule has 0 N–H and O–H groups in total. The molecule has 0 radical (unpaired) electrons. The second-order valence-electron chi connectivity index (χ2n) is 6.07. The smallest absolute Gasteiger partial charge is 0.128 e. The molecule has 1 aromatic heterocycles. The summed E-state index contributed by atoms with van der Waals surface area (Å²) in [5.41, 5.74) is 2.65. The van der Waals surface area contributed by atoms with Gasteiger partial charge in [-0.2, -0.15) is 0 Å². The van der Waals surface area contributed by atoms with Gasteiger partial charge < -0.3 is 4.52 Å². The fourth-order valence-corrected chi connectivity index (χ4v) is 2.52. The maximum absolute atomic E-state index is 5.07. The third kappa shape index (κ3) is 3.12. The van der Waals surface area contributed by atoms with Crippen LogP contribution in [0.2, 0.25) is 0 Å². The van der Waals surface area contributed by atoms with Gasteiger partial charge in [-0.1, -0.05) is 12.1 Å². The zero-order chi connectivity index (χ0) is 13.2. The summed E-state index contributed by atoms with van der Waals surface area (Å²) < 4.78 is 5.07. The Morgan fingerprint density at radius 3 is 2.44 bits per heavy atom. The Labute approximate surface area is 110 Å². The predicted molar refractivity (Wildman–Crippen MR) is 72.5 cm³/mol. The van der Waals surface area contributed by atoms with Crippen LogP contribution in [0.4, 0.5) is 0 Å². The minimum absolute atomic E-state index is 0.290. The zero-order valence-corrected chi connectivity index (χ0v) is 12.1. The van der Waals surface area contributed by atoms with Gasteiger partial charge in [0.2, 0.25) is 0 Å². The van der Waals surface area contributed by atoms with E-state index in [1.165, 1.54) is 5.56 Å². The van der Waals surface area contributed by atoms with Crippen molar-refractivity contribution >= 4 is 0 Å². The second-order valence-corrected chi connectivity index (χ2v) is 6.07. The Hall–Kier alpha value is -0.870. The van der Waals surface area contributed by atoms with Gasteiger partial charge in [-0.3, -0.25) is 9.80 Å². The molecule has 0 unspecified atom stereocenters. The number of hydrogen-bond acceptors (Lipinski definition) is 4. The Morgan fingerprint density at radius 2 is 1.89 bits per heavy atom. The molecule has 4 nitrogen and oxygen atoms in total. The highest BCUT2D eigenvalue weighted by Gasteiger charge is 2.26. The number of hydrogen-bond donors (Lipinski definition) is 0. The minimum atomic E-state index is 0.290. The molecule has 0 amide bonds. The summed E-state index contributed by atoms with van der Waals surface area (Å²) in [5, 5.41) is 4.04. The number of piperazine rings is 1. The van der Waals surface area contributed by atoms with Crippen LogP contribution in [0.1, 0.15) is 39.0 Å². The molecule has 1 fully saturated rings. The summed E-state index contributed by atoms with van der Waals surface area (Å²) in [5.74, 6) is 0. The monoisotopic (exact) mass is 251 g/mol. The molecule has 2 rings (SSSR count). The molecule has 1 saturated heterocycles. The Bertz CT molecular complexity index is 373. The van der Waals surface area contributed by atoms with Gasteiger partial charge in [-0.25, -0.2) is 0 Å². The topological polar surface area (TPSA) is 32.5 Å². The molecule has 0 saturated carbocycles. The summed E-state index contributed by atoms with van der Waals surface area (Å²) in [4.78, 5) is 5.05. The van der Waals surface area contributed by atoms with E-state index in [1.54, 1.807) is 6.26 Å². The first kappa shape index (κ1) is 13.6. The molecule has 18 heavy (non-hydrogen) atoms. The van der Waals surface area contributed by atoms with E-state index in [-0.39, 0.29) is 5.54 Å². The molecule has 102 valence electrons. The molecule has 2 heterocycles. The Morgan fingerprint density at radius 1 is 1.22 bits per heavy atom. The van der Waals surface area contributed by atoms with Crippen molar-refractivity contribution in [2.75, 3.05) is 26.2 Å². The van der Waals surface area contributed by atoms with Gasteiger partial charge in [0.15, 0.2) is 0 Å². The average Bonchev–Trinajstić information content (AvgIpc) is 2.76. The van der Waals surface area contributed by atoms with Crippen molar-refractivity contribution in [1.29, 1.82) is 0 Å². The van der Waals surface area contributed by atoms with Crippen molar-refractivity contribution in [2.24, 2.45) is 0 Å².